The van der Waals surface area contributed by atoms with Gasteiger partial charge in [-0.1, -0.05) is 12.1 Å². The number of aromatic nitrogens is 1. The molecular formula is C20H23F3N4O. The topological polar surface area (TPSA) is 48.5 Å². The standard InChI is InChI=1S/C20H23F3N4O/c1-15(14-25-19(28)18-7-2-3-8-24-18)26-9-11-27(12-10-26)17-6-4-5-16(13-17)20(21,22)23/h2-8,13,15H,9-12,14H2,1H3,(H,25,28). The maximum atomic E-state index is 12.9. The number of carbonyl (C=O) groups is 1. The van der Waals surface area contributed by atoms with Gasteiger partial charge in [0, 0.05) is 50.6 Å². The molecule has 2 aromatic rings. The molecule has 1 N–H and O–H groups in total. The predicted octanol–water partition coefficient (Wildman–Crippen LogP) is 3.04. The first-order valence-corrected chi connectivity index (χ1v) is 9.20. The van der Waals surface area contributed by atoms with Gasteiger partial charge in [-0.25, -0.2) is 0 Å². The van der Waals surface area contributed by atoms with E-state index in [0.29, 0.717) is 31.0 Å². The van der Waals surface area contributed by atoms with Crippen LogP contribution in [0.3, 0.4) is 0 Å². The SMILES string of the molecule is CC(CNC(=O)c1ccccn1)N1CCN(c2cccc(C(F)(F)F)c2)CC1. The van der Waals surface area contributed by atoms with E-state index in [1.165, 1.54) is 12.1 Å². The molecule has 1 aliphatic rings. The van der Waals surface area contributed by atoms with E-state index in [2.05, 4.69) is 15.2 Å². The summed E-state index contributed by atoms with van der Waals surface area (Å²) >= 11 is 0. The smallest absolute Gasteiger partial charge is 0.369 e. The first kappa shape index (κ1) is 20.1. The van der Waals surface area contributed by atoms with Gasteiger partial charge in [0.05, 0.1) is 5.56 Å². The van der Waals surface area contributed by atoms with E-state index in [1.807, 2.05) is 11.8 Å². The summed E-state index contributed by atoms with van der Waals surface area (Å²) in [5.74, 6) is -0.213. The number of anilines is 1. The Bertz CT molecular complexity index is 790. The van der Waals surface area contributed by atoms with Crippen LogP contribution in [-0.4, -0.2) is 54.6 Å². The summed E-state index contributed by atoms with van der Waals surface area (Å²) in [6, 6.07) is 10.7. The van der Waals surface area contributed by atoms with Crippen LogP contribution in [0.5, 0.6) is 0 Å². The average molecular weight is 392 g/mol. The molecule has 2 heterocycles. The van der Waals surface area contributed by atoms with Gasteiger partial charge in [0.15, 0.2) is 0 Å². The van der Waals surface area contributed by atoms with Crippen LogP contribution >= 0.6 is 0 Å². The van der Waals surface area contributed by atoms with Crippen molar-refractivity contribution in [1.29, 1.82) is 0 Å². The van der Waals surface area contributed by atoms with Crippen molar-refractivity contribution >= 4 is 11.6 Å². The van der Waals surface area contributed by atoms with Crippen LogP contribution in [0, 0.1) is 0 Å². The van der Waals surface area contributed by atoms with Gasteiger partial charge >= 0.3 is 6.18 Å². The van der Waals surface area contributed by atoms with Crippen molar-refractivity contribution in [3.8, 4) is 0 Å². The number of amides is 1. The van der Waals surface area contributed by atoms with E-state index < -0.39 is 11.7 Å². The lowest BCUT2D eigenvalue weighted by Gasteiger charge is -2.39. The summed E-state index contributed by atoms with van der Waals surface area (Å²) in [4.78, 5) is 20.3. The van der Waals surface area contributed by atoms with E-state index in [4.69, 9.17) is 0 Å². The molecule has 0 aliphatic carbocycles. The van der Waals surface area contributed by atoms with E-state index in [1.54, 1.807) is 30.5 Å². The summed E-state index contributed by atoms with van der Waals surface area (Å²) < 4.78 is 38.7. The second-order valence-corrected chi connectivity index (χ2v) is 6.85. The van der Waals surface area contributed by atoms with Crippen LogP contribution in [-0.2, 0) is 6.18 Å². The zero-order valence-corrected chi connectivity index (χ0v) is 15.6. The Hall–Kier alpha value is -2.61. The number of nitrogens with zero attached hydrogens (tertiary/aromatic N) is 3. The molecule has 0 bridgehead atoms. The zero-order valence-electron chi connectivity index (χ0n) is 15.6. The first-order valence-electron chi connectivity index (χ1n) is 9.20. The molecule has 1 aliphatic heterocycles. The zero-order chi connectivity index (χ0) is 20.1. The lowest BCUT2D eigenvalue weighted by molar-refractivity contribution is -0.137. The number of piperazine rings is 1. The summed E-state index contributed by atoms with van der Waals surface area (Å²) in [7, 11) is 0. The maximum Gasteiger partial charge on any atom is 0.416 e. The van der Waals surface area contributed by atoms with Crippen molar-refractivity contribution in [1.82, 2.24) is 15.2 Å². The van der Waals surface area contributed by atoms with Crippen LogP contribution in [0.15, 0.2) is 48.7 Å². The van der Waals surface area contributed by atoms with Gasteiger partial charge in [-0.2, -0.15) is 13.2 Å². The fourth-order valence-electron chi connectivity index (χ4n) is 3.26. The molecular weight excluding hydrogens is 369 g/mol. The van der Waals surface area contributed by atoms with Gasteiger partial charge < -0.3 is 10.2 Å². The molecule has 8 heteroatoms. The van der Waals surface area contributed by atoms with E-state index in [9.17, 15) is 18.0 Å². The summed E-state index contributed by atoms with van der Waals surface area (Å²) in [5, 5.41) is 2.88. The molecule has 1 unspecified atom stereocenters. The Kier molecular flexibility index (Phi) is 6.18. The number of rotatable bonds is 5. The van der Waals surface area contributed by atoms with Crippen LogP contribution < -0.4 is 10.2 Å². The van der Waals surface area contributed by atoms with Crippen molar-refractivity contribution in [3.05, 3.63) is 59.9 Å². The Morgan fingerprint density at radius 3 is 2.54 bits per heavy atom. The minimum absolute atomic E-state index is 0.122. The third kappa shape index (κ3) is 5.01. The number of benzene rings is 1. The fourth-order valence-corrected chi connectivity index (χ4v) is 3.26. The molecule has 0 spiro atoms. The molecule has 1 atom stereocenters. The van der Waals surface area contributed by atoms with Crippen LogP contribution in [0.2, 0.25) is 0 Å². The number of carbonyl (C=O) groups excluding carboxylic acids is 1. The highest BCUT2D eigenvalue weighted by Crippen LogP contribution is 2.31. The molecule has 1 amide bonds. The van der Waals surface area contributed by atoms with Crippen molar-refractivity contribution < 1.29 is 18.0 Å². The van der Waals surface area contributed by atoms with Crippen LogP contribution in [0.1, 0.15) is 23.0 Å². The summed E-state index contributed by atoms with van der Waals surface area (Å²) in [6.45, 7) is 5.23. The van der Waals surface area contributed by atoms with Crippen molar-refractivity contribution in [3.63, 3.8) is 0 Å². The molecule has 1 aromatic heterocycles. The van der Waals surface area contributed by atoms with E-state index in [0.717, 1.165) is 19.2 Å². The number of halogens is 3. The molecule has 1 fully saturated rings. The highest BCUT2D eigenvalue weighted by atomic mass is 19.4. The first-order chi connectivity index (χ1) is 13.3. The molecule has 1 saturated heterocycles. The Labute approximate surface area is 162 Å². The molecule has 150 valence electrons. The minimum Gasteiger partial charge on any atom is -0.369 e. The van der Waals surface area contributed by atoms with Gasteiger partial charge in [-0.15, -0.1) is 0 Å². The quantitative estimate of drug-likeness (QED) is 0.850. The van der Waals surface area contributed by atoms with Crippen LogP contribution in [0.4, 0.5) is 18.9 Å². The molecule has 28 heavy (non-hydrogen) atoms. The highest BCUT2D eigenvalue weighted by Gasteiger charge is 2.31. The van der Waals surface area contributed by atoms with Gasteiger partial charge in [0.25, 0.3) is 5.91 Å². The number of hydrogen-bond donors (Lipinski definition) is 1. The largest absolute Gasteiger partial charge is 0.416 e. The lowest BCUT2D eigenvalue weighted by Crippen LogP contribution is -2.52. The van der Waals surface area contributed by atoms with E-state index in [-0.39, 0.29) is 11.9 Å². The summed E-state index contributed by atoms with van der Waals surface area (Å²) in [5.41, 5.74) is 0.340. The average Bonchev–Trinajstić information content (AvgIpc) is 2.72. The second-order valence-electron chi connectivity index (χ2n) is 6.85. The third-order valence-electron chi connectivity index (χ3n) is 4.93. The van der Waals surface area contributed by atoms with Gasteiger partial charge in [0.1, 0.15) is 5.69 Å². The van der Waals surface area contributed by atoms with Crippen molar-refractivity contribution in [2.45, 2.75) is 19.1 Å². The second kappa shape index (κ2) is 8.60. The predicted molar refractivity (Wildman–Crippen MR) is 101 cm³/mol. The normalized spacial score (nSPS) is 16.6. The summed E-state index contributed by atoms with van der Waals surface area (Å²) in [6.07, 6.45) is -2.76. The van der Waals surface area contributed by atoms with Crippen molar-refractivity contribution in [2.75, 3.05) is 37.6 Å². The monoisotopic (exact) mass is 392 g/mol. The molecule has 0 radical (unpaired) electrons. The van der Waals surface area contributed by atoms with E-state index >= 15 is 0 Å². The molecule has 1 aromatic carbocycles. The Morgan fingerprint density at radius 2 is 1.89 bits per heavy atom. The van der Waals surface area contributed by atoms with Crippen molar-refractivity contribution in [2.24, 2.45) is 0 Å². The van der Waals surface area contributed by atoms with Gasteiger partial charge in [0.2, 0.25) is 0 Å². The Morgan fingerprint density at radius 1 is 1.14 bits per heavy atom. The number of pyridine rings is 1. The minimum atomic E-state index is -4.34. The lowest BCUT2D eigenvalue weighted by atomic mass is 10.1. The molecule has 3 rings (SSSR count). The molecule has 5 nitrogen and oxygen atoms in total. The van der Waals surface area contributed by atoms with Gasteiger partial charge in [-0.05, 0) is 37.3 Å². The fraction of sp³-hybridized carbons (Fsp3) is 0.400. The number of alkyl halides is 3. The van der Waals surface area contributed by atoms with Crippen LogP contribution in [0.25, 0.3) is 0 Å². The Balaban J connectivity index is 1.50. The number of hydrogen-bond acceptors (Lipinski definition) is 4. The third-order valence-corrected chi connectivity index (χ3v) is 4.93. The highest BCUT2D eigenvalue weighted by molar-refractivity contribution is 5.92. The maximum absolute atomic E-state index is 12.9. The number of nitrogens with one attached hydrogen (secondary N) is 1. The molecule has 0 saturated carbocycles. The van der Waals surface area contributed by atoms with Gasteiger partial charge in [-0.3, -0.25) is 14.7 Å².